The minimum Gasteiger partial charge on any atom is -0.383 e. The summed E-state index contributed by atoms with van der Waals surface area (Å²) in [4.78, 5) is 11.3. The molecule has 0 bridgehead atoms. The van der Waals surface area contributed by atoms with Crippen molar-refractivity contribution in [2.75, 3.05) is 6.54 Å². The Morgan fingerprint density at radius 3 is 2.50 bits per heavy atom. The maximum absolute atomic E-state index is 11.3. The molecule has 4 nitrogen and oxygen atoms in total. The van der Waals surface area contributed by atoms with Gasteiger partial charge >= 0.3 is 0 Å². The predicted molar refractivity (Wildman–Crippen MR) is 87.2 cm³/mol. The molecule has 0 amide bonds. The number of benzene rings is 1. The molecule has 3 rings (SSSR count). The number of aromatic amines is 1. The van der Waals surface area contributed by atoms with Gasteiger partial charge in [0.15, 0.2) is 0 Å². The summed E-state index contributed by atoms with van der Waals surface area (Å²) >= 11 is 0. The first-order chi connectivity index (χ1) is 10.4. The Morgan fingerprint density at radius 1 is 1.18 bits per heavy atom. The fourth-order valence-electron chi connectivity index (χ4n) is 3.14. The van der Waals surface area contributed by atoms with E-state index in [0.717, 1.165) is 25.1 Å². The van der Waals surface area contributed by atoms with Gasteiger partial charge in [-0.25, -0.2) is 0 Å². The minimum absolute atomic E-state index is 0.153. The molecule has 1 aromatic heterocycles. The quantitative estimate of drug-likeness (QED) is 0.893. The van der Waals surface area contributed by atoms with Crippen LogP contribution in [0.15, 0.2) is 39.6 Å². The van der Waals surface area contributed by atoms with Crippen LogP contribution in [0.2, 0.25) is 0 Å². The van der Waals surface area contributed by atoms with Gasteiger partial charge in [0.2, 0.25) is 0 Å². The Kier molecular flexibility index (Phi) is 3.96. The van der Waals surface area contributed by atoms with E-state index in [2.05, 4.69) is 55.5 Å². The van der Waals surface area contributed by atoms with E-state index in [-0.39, 0.29) is 11.0 Å². The molecule has 0 radical (unpaired) electrons. The Morgan fingerprint density at radius 2 is 1.91 bits per heavy atom. The molecule has 0 aliphatic carbocycles. The molecule has 2 atom stereocenters. The van der Waals surface area contributed by atoms with E-state index in [4.69, 9.17) is 4.52 Å². The van der Waals surface area contributed by atoms with Gasteiger partial charge in [-0.3, -0.25) is 4.79 Å². The van der Waals surface area contributed by atoms with E-state index in [1.165, 1.54) is 11.1 Å². The Hall–Kier alpha value is -1.81. The van der Waals surface area contributed by atoms with E-state index in [1.807, 2.05) is 0 Å². The number of piperidine rings is 1. The lowest BCUT2D eigenvalue weighted by atomic mass is 9.84. The van der Waals surface area contributed by atoms with Crippen molar-refractivity contribution >= 4 is 0 Å². The summed E-state index contributed by atoms with van der Waals surface area (Å²) in [5, 5.41) is 5.96. The van der Waals surface area contributed by atoms with Gasteiger partial charge in [-0.15, -0.1) is 0 Å². The maximum atomic E-state index is 11.3. The van der Waals surface area contributed by atoms with E-state index in [1.54, 1.807) is 6.07 Å². The zero-order chi connectivity index (χ0) is 15.7. The lowest BCUT2D eigenvalue weighted by Gasteiger charge is -2.30. The van der Waals surface area contributed by atoms with Crippen molar-refractivity contribution in [3.05, 3.63) is 57.6 Å². The number of nitrogens with one attached hydrogen (secondary N) is 2. The second kappa shape index (κ2) is 5.76. The molecule has 1 fully saturated rings. The monoisotopic (exact) mass is 300 g/mol. The van der Waals surface area contributed by atoms with Crippen LogP contribution in [0.3, 0.4) is 0 Å². The highest BCUT2D eigenvalue weighted by Gasteiger charge is 2.26. The van der Waals surface area contributed by atoms with E-state index in [9.17, 15) is 4.79 Å². The van der Waals surface area contributed by atoms with Crippen molar-refractivity contribution in [1.29, 1.82) is 0 Å². The molecule has 1 aliphatic rings. The molecule has 0 spiro atoms. The van der Waals surface area contributed by atoms with Crippen LogP contribution in [-0.2, 0) is 5.41 Å². The second-order valence-electron chi connectivity index (χ2n) is 7.22. The van der Waals surface area contributed by atoms with Gasteiger partial charge in [0.05, 0.1) is 0 Å². The van der Waals surface area contributed by atoms with Gasteiger partial charge in [0, 0.05) is 18.0 Å². The van der Waals surface area contributed by atoms with Gasteiger partial charge in [0.25, 0.3) is 5.56 Å². The Balaban J connectivity index is 1.76. The second-order valence-corrected chi connectivity index (χ2v) is 7.22. The summed E-state index contributed by atoms with van der Waals surface area (Å²) in [6.45, 7) is 7.62. The third-order valence-electron chi connectivity index (χ3n) is 4.53. The predicted octanol–water partition coefficient (Wildman–Crippen LogP) is 3.47. The van der Waals surface area contributed by atoms with Gasteiger partial charge < -0.3 is 9.84 Å². The first-order valence-corrected chi connectivity index (χ1v) is 7.96. The third-order valence-corrected chi connectivity index (χ3v) is 4.53. The van der Waals surface area contributed by atoms with Gasteiger partial charge in [-0.2, -0.15) is 5.16 Å². The van der Waals surface area contributed by atoms with Gasteiger partial charge in [-0.05, 0) is 35.9 Å². The molecule has 1 aromatic carbocycles. The largest absolute Gasteiger partial charge is 0.383 e. The van der Waals surface area contributed by atoms with Gasteiger partial charge in [0.1, 0.15) is 5.76 Å². The highest BCUT2D eigenvalue weighted by atomic mass is 16.5. The molecule has 2 heterocycles. The summed E-state index contributed by atoms with van der Waals surface area (Å²) in [7, 11) is 0. The normalized spacial score (nSPS) is 22.7. The summed E-state index contributed by atoms with van der Waals surface area (Å²) < 4.78 is 5.29. The molecule has 118 valence electrons. The molecular weight excluding hydrogens is 276 g/mol. The standard InChI is InChI=1S/C18H24N2O2/c1-18(2,3)14-6-4-12(5-7-14)15-10-13(8-9-19-15)16-11-17(21)20-22-16/h4-7,11,13,15,19H,8-10H2,1-3H3,(H,20,21)/t13-,15-/m1/s1. The molecule has 1 saturated heterocycles. The topological polar surface area (TPSA) is 58.0 Å². The number of aromatic nitrogens is 1. The maximum Gasteiger partial charge on any atom is 0.280 e. The van der Waals surface area contributed by atoms with Crippen LogP contribution in [0.4, 0.5) is 0 Å². The van der Waals surface area contributed by atoms with Crippen LogP contribution in [0, 0.1) is 0 Å². The number of rotatable bonds is 2. The highest BCUT2D eigenvalue weighted by molar-refractivity contribution is 5.30. The van der Waals surface area contributed by atoms with E-state index >= 15 is 0 Å². The Labute approximate surface area is 130 Å². The van der Waals surface area contributed by atoms with Crippen molar-refractivity contribution in [1.82, 2.24) is 10.5 Å². The third kappa shape index (κ3) is 3.17. The average Bonchev–Trinajstić information content (AvgIpc) is 2.93. The lowest BCUT2D eigenvalue weighted by Crippen LogP contribution is -2.30. The van der Waals surface area contributed by atoms with E-state index in [0.29, 0.717) is 12.0 Å². The SMILES string of the molecule is CC(C)(C)c1ccc([C@H]2C[C@H](c3cc(=O)[nH]o3)CCN2)cc1. The van der Waals surface area contributed by atoms with Crippen molar-refractivity contribution in [3.63, 3.8) is 0 Å². The van der Waals surface area contributed by atoms with E-state index < -0.39 is 0 Å². The molecule has 2 aromatic rings. The van der Waals surface area contributed by atoms with Crippen molar-refractivity contribution in [3.8, 4) is 0 Å². The van der Waals surface area contributed by atoms with Crippen LogP contribution in [0.25, 0.3) is 0 Å². The first kappa shape index (κ1) is 15.1. The zero-order valence-electron chi connectivity index (χ0n) is 13.5. The smallest absolute Gasteiger partial charge is 0.280 e. The fourth-order valence-corrected chi connectivity index (χ4v) is 3.14. The number of hydrogen-bond acceptors (Lipinski definition) is 3. The average molecular weight is 300 g/mol. The van der Waals surface area contributed by atoms with Crippen molar-refractivity contribution in [2.45, 2.75) is 51.0 Å². The van der Waals surface area contributed by atoms with Crippen molar-refractivity contribution in [2.24, 2.45) is 0 Å². The molecule has 2 N–H and O–H groups in total. The van der Waals surface area contributed by atoms with Crippen LogP contribution in [0.1, 0.15) is 62.5 Å². The van der Waals surface area contributed by atoms with Crippen LogP contribution >= 0.6 is 0 Å². The number of hydrogen-bond donors (Lipinski definition) is 2. The summed E-state index contributed by atoms with van der Waals surface area (Å²) in [6, 6.07) is 10.8. The van der Waals surface area contributed by atoms with Crippen LogP contribution in [-0.4, -0.2) is 11.7 Å². The number of H-pyrrole nitrogens is 1. The lowest BCUT2D eigenvalue weighted by molar-refractivity contribution is 0.295. The molecule has 1 aliphatic heterocycles. The van der Waals surface area contributed by atoms with Gasteiger partial charge in [-0.1, -0.05) is 45.0 Å². The van der Waals surface area contributed by atoms with Crippen molar-refractivity contribution < 1.29 is 4.52 Å². The van der Waals surface area contributed by atoms with Crippen LogP contribution in [0.5, 0.6) is 0 Å². The van der Waals surface area contributed by atoms with Crippen LogP contribution < -0.4 is 10.9 Å². The minimum atomic E-state index is -0.153. The Bertz CT molecular complexity index is 676. The highest BCUT2D eigenvalue weighted by Crippen LogP contribution is 2.34. The zero-order valence-corrected chi connectivity index (χ0v) is 13.5. The summed E-state index contributed by atoms with van der Waals surface area (Å²) in [6.07, 6.45) is 1.95. The molecule has 22 heavy (non-hydrogen) atoms. The molecule has 4 heteroatoms. The molecular formula is C18H24N2O2. The molecule has 0 saturated carbocycles. The summed E-state index contributed by atoms with van der Waals surface area (Å²) in [5.41, 5.74) is 2.67. The fraction of sp³-hybridized carbons (Fsp3) is 0.500. The molecule has 0 unspecified atom stereocenters. The summed E-state index contributed by atoms with van der Waals surface area (Å²) in [5.74, 6) is 1.08. The first-order valence-electron chi connectivity index (χ1n) is 7.96.